The summed E-state index contributed by atoms with van der Waals surface area (Å²) >= 11 is 6.67. The maximum absolute atomic E-state index is 13.3. The van der Waals surface area contributed by atoms with Gasteiger partial charge in [-0.15, -0.1) is 0 Å². The van der Waals surface area contributed by atoms with Gasteiger partial charge >= 0.3 is 12.2 Å². The number of dihydropyridines is 1. The molecule has 2 aliphatic heterocycles. The molecule has 1 saturated heterocycles. The molecule has 3 heterocycles. The predicted molar refractivity (Wildman–Crippen MR) is 162 cm³/mol. The minimum absolute atomic E-state index is 0.0525. The fourth-order valence-electron chi connectivity index (χ4n) is 6.24. The first kappa shape index (κ1) is 28.0. The van der Waals surface area contributed by atoms with Gasteiger partial charge in [0.15, 0.2) is 0 Å². The Kier molecular flexibility index (Phi) is 7.21. The largest absolute Gasteiger partial charge is 0.446 e. The van der Waals surface area contributed by atoms with Gasteiger partial charge in [-0.1, -0.05) is 29.8 Å². The van der Waals surface area contributed by atoms with Crippen LogP contribution in [0.3, 0.4) is 0 Å². The zero-order valence-corrected chi connectivity index (χ0v) is 25.2. The van der Waals surface area contributed by atoms with Crippen LogP contribution in [0.2, 0.25) is 5.02 Å². The highest BCUT2D eigenvalue weighted by Gasteiger charge is 2.43. The smallest absolute Gasteiger partial charge is 0.410 e. The molecule has 10 nitrogen and oxygen atoms in total. The molecule has 5 aliphatic rings. The van der Waals surface area contributed by atoms with Gasteiger partial charge in [0, 0.05) is 38.2 Å². The lowest BCUT2D eigenvalue weighted by Crippen LogP contribution is -2.53. The van der Waals surface area contributed by atoms with Gasteiger partial charge in [-0.05, 0) is 79.3 Å². The molecule has 0 spiro atoms. The van der Waals surface area contributed by atoms with E-state index in [0.29, 0.717) is 31.2 Å². The number of imidazole rings is 1. The third-order valence-corrected chi connectivity index (χ3v) is 9.31. The summed E-state index contributed by atoms with van der Waals surface area (Å²) in [5, 5.41) is 7.40. The van der Waals surface area contributed by atoms with Gasteiger partial charge in [0.2, 0.25) is 0 Å². The molecule has 3 fully saturated rings. The molecule has 226 valence electrons. The lowest BCUT2D eigenvalue weighted by atomic mass is 9.88. The van der Waals surface area contributed by atoms with Gasteiger partial charge in [0.05, 0.1) is 36.3 Å². The number of nitrogens with zero attached hydrogens (tertiary/aromatic N) is 4. The summed E-state index contributed by atoms with van der Waals surface area (Å²) in [4.78, 5) is 34.6. The van der Waals surface area contributed by atoms with Gasteiger partial charge in [-0.25, -0.2) is 14.6 Å². The quantitative estimate of drug-likeness (QED) is 0.486. The number of carbonyl (C=O) groups excluding carboxylic acids is 2. The van der Waals surface area contributed by atoms with Crippen molar-refractivity contribution in [1.82, 2.24) is 30.0 Å². The molecule has 2 amide bonds. The molecule has 2 aromatic rings. The van der Waals surface area contributed by atoms with E-state index in [4.69, 9.17) is 21.1 Å². The number of allylic oxidation sites excluding steroid dienone is 2. The van der Waals surface area contributed by atoms with Crippen LogP contribution in [0.5, 0.6) is 0 Å². The van der Waals surface area contributed by atoms with Crippen molar-refractivity contribution in [1.29, 1.82) is 0 Å². The Morgan fingerprint density at radius 3 is 2.67 bits per heavy atom. The van der Waals surface area contributed by atoms with Gasteiger partial charge in [0.25, 0.3) is 0 Å². The zero-order valence-electron chi connectivity index (χ0n) is 24.5. The van der Waals surface area contributed by atoms with E-state index in [1.165, 1.54) is 0 Å². The van der Waals surface area contributed by atoms with E-state index in [0.717, 1.165) is 53.7 Å². The van der Waals surface area contributed by atoms with Crippen LogP contribution < -0.4 is 10.6 Å². The number of aryl methyl sites for hydroxylation is 1. The number of hydrogen-bond donors (Lipinski definition) is 2. The molecule has 7 rings (SSSR count). The van der Waals surface area contributed by atoms with E-state index in [1.54, 1.807) is 12.5 Å². The highest BCUT2D eigenvalue weighted by molar-refractivity contribution is 6.30. The van der Waals surface area contributed by atoms with Crippen LogP contribution in [0.4, 0.5) is 9.59 Å². The van der Waals surface area contributed by atoms with Crippen molar-refractivity contribution in [2.75, 3.05) is 26.2 Å². The second-order valence-electron chi connectivity index (χ2n) is 12.4. The van der Waals surface area contributed by atoms with E-state index < -0.39 is 17.7 Å². The van der Waals surface area contributed by atoms with Crippen molar-refractivity contribution in [2.24, 2.45) is 7.05 Å². The average Bonchev–Trinajstić information content (AvgIpc) is 3.92. The summed E-state index contributed by atoms with van der Waals surface area (Å²) in [7, 11) is 1.92. The van der Waals surface area contributed by atoms with Crippen molar-refractivity contribution in [2.45, 2.75) is 62.4 Å². The number of nitrogens with one attached hydrogen (secondary N) is 2. The standard InChI is InChI=1S/C32H37ClN6O4/c1-32(9-10-32)43-30(40)36-28(26-18-34-19-37(26)2)25-16-20-4-3-11-35-27(20)29(23-8-5-21(33)17-24(23)25)38-12-14-39(15-13-38)31(41)42-22-6-7-22/h3-5,8,11,16-19,22,27-29,35H,6-7,9-10,12-15H2,1-2H3,(H,36,40). The van der Waals surface area contributed by atoms with Gasteiger partial charge in [-0.2, -0.15) is 0 Å². The number of ether oxygens (including phenoxy) is 2. The number of hydrogen-bond acceptors (Lipinski definition) is 7. The molecular weight excluding hydrogens is 568 g/mol. The molecule has 0 bridgehead atoms. The fourth-order valence-corrected chi connectivity index (χ4v) is 6.41. The molecule has 0 radical (unpaired) electrons. The average molecular weight is 605 g/mol. The summed E-state index contributed by atoms with van der Waals surface area (Å²) in [5.41, 5.74) is 4.45. The van der Waals surface area contributed by atoms with E-state index in [1.807, 2.05) is 47.8 Å². The molecule has 11 heteroatoms. The zero-order chi connectivity index (χ0) is 29.7. The Morgan fingerprint density at radius 1 is 1.19 bits per heavy atom. The molecule has 3 unspecified atom stereocenters. The number of aromatic nitrogens is 2. The Bertz CT molecular complexity index is 1520. The van der Waals surface area contributed by atoms with Crippen molar-refractivity contribution in [3.05, 3.63) is 82.6 Å². The molecule has 1 aromatic heterocycles. The Hall–Kier alpha value is -3.76. The fraction of sp³-hybridized carbons (Fsp3) is 0.469. The van der Waals surface area contributed by atoms with E-state index in [2.05, 4.69) is 38.7 Å². The number of fused-ring (bicyclic) bond motifs is 2. The van der Waals surface area contributed by atoms with Crippen molar-refractivity contribution in [3.63, 3.8) is 0 Å². The topological polar surface area (TPSA) is 101 Å². The minimum atomic E-state index is -0.542. The molecule has 2 saturated carbocycles. The first-order chi connectivity index (χ1) is 20.8. The number of alkyl carbamates (subject to hydrolysis) is 1. The third kappa shape index (κ3) is 5.78. The number of halogens is 1. The number of benzene rings is 1. The molecule has 1 aromatic carbocycles. The lowest BCUT2D eigenvalue weighted by molar-refractivity contribution is 0.0555. The van der Waals surface area contributed by atoms with E-state index >= 15 is 0 Å². The summed E-state index contributed by atoms with van der Waals surface area (Å²) in [6.45, 7) is 4.54. The summed E-state index contributed by atoms with van der Waals surface area (Å²) < 4.78 is 13.3. The SMILES string of the molecule is Cn1cncc1C(NC(=O)OC1(C)CC1)C1=CC2=CC=CNC2C(N2CCN(C(=O)OC3CC3)CC2)c2ccc(Cl)cc21. The first-order valence-electron chi connectivity index (χ1n) is 15.1. The van der Waals surface area contributed by atoms with Crippen LogP contribution in [0.1, 0.15) is 61.5 Å². The van der Waals surface area contributed by atoms with E-state index in [9.17, 15) is 9.59 Å². The summed E-state index contributed by atoms with van der Waals surface area (Å²) in [6.07, 6.45) is 14.8. The van der Waals surface area contributed by atoms with Gasteiger partial charge < -0.3 is 29.6 Å². The summed E-state index contributed by atoms with van der Waals surface area (Å²) in [6, 6.07) is 5.36. The highest BCUT2D eigenvalue weighted by atomic mass is 35.5. The number of rotatable bonds is 6. The van der Waals surface area contributed by atoms with Crippen molar-refractivity contribution >= 4 is 29.4 Å². The molecular formula is C32H37ClN6O4. The summed E-state index contributed by atoms with van der Waals surface area (Å²) in [5.74, 6) is 0. The maximum Gasteiger partial charge on any atom is 0.410 e. The number of carbonyl (C=O) groups is 2. The van der Waals surface area contributed by atoms with Gasteiger partial charge in [0.1, 0.15) is 11.7 Å². The van der Waals surface area contributed by atoms with E-state index in [-0.39, 0.29) is 24.3 Å². The molecule has 3 atom stereocenters. The molecule has 2 N–H and O–H groups in total. The van der Waals surface area contributed by atoms with Crippen molar-refractivity contribution < 1.29 is 19.1 Å². The van der Waals surface area contributed by atoms with Crippen LogP contribution in [0.15, 0.2) is 60.7 Å². The van der Waals surface area contributed by atoms with Crippen LogP contribution in [0.25, 0.3) is 5.57 Å². The van der Waals surface area contributed by atoms with Crippen LogP contribution in [-0.4, -0.2) is 75.5 Å². The normalized spacial score (nSPS) is 24.8. The molecule has 43 heavy (non-hydrogen) atoms. The van der Waals surface area contributed by atoms with Crippen LogP contribution in [0, 0.1) is 0 Å². The Balaban J connectivity index is 1.26. The molecule has 3 aliphatic carbocycles. The predicted octanol–water partition coefficient (Wildman–Crippen LogP) is 4.86. The second-order valence-corrected chi connectivity index (χ2v) is 12.8. The lowest BCUT2D eigenvalue weighted by Gasteiger charge is -2.43. The van der Waals surface area contributed by atoms with Crippen LogP contribution in [-0.2, 0) is 16.5 Å². The second kappa shape index (κ2) is 11.1. The first-order valence-corrected chi connectivity index (χ1v) is 15.5. The minimum Gasteiger partial charge on any atom is -0.446 e. The Labute approximate surface area is 256 Å². The number of piperazine rings is 1. The van der Waals surface area contributed by atoms with Crippen molar-refractivity contribution in [3.8, 4) is 0 Å². The highest BCUT2D eigenvalue weighted by Crippen LogP contribution is 2.45. The van der Waals surface area contributed by atoms with Gasteiger partial charge in [-0.3, -0.25) is 4.90 Å². The maximum atomic E-state index is 13.3. The monoisotopic (exact) mass is 604 g/mol. The third-order valence-electron chi connectivity index (χ3n) is 9.08. The number of amides is 2. The Morgan fingerprint density at radius 2 is 1.98 bits per heavy atom. The van der Waals surface area contributed by atoms with Crippen LogP contribution >= 0.6 is 11.6 Å².